The van der Waals surface area contributed by atoms with Gasteiger partial charge in [-0.25, -0.2) is 4.98 Å². The predicted molar refractivity (Wildman–Crippen MR) is 89.7 cm³/mol. The Morgan fingerprint density at radius 2 is 2.00 bits per heavy atom. The maximum Gasteiger partial charge on any atom is 0.220 e. The van der Waals surface area contributed by atoms with Gasteiger partial charge in [0.25, 0.3) is 0 Å². The van der Waals surface area contributed by atoms with E-state index in [4.69, 9.17) is 0 Å². The number of thiazole rings is 1. The van der Waals surface area contributed by atoms with Crippen molar-refractivity contribution in [3.8, 4) is 10.6 Å². The Labute approximate surface area is 138 Å². The summed E-state index contributed by atoms with van der Waals surface area (Å²) in [5.74, 6) is 0.0257. The fourth-order valence-electron chi connectivity index (χ4n) is 2.07. The third kappa shape index (κ3) is 4.43. The average Bonchev–Trinajstić information content (AvgIpc) is 3.09. The molecule has 0 aromatic carbocycles. The van der Waals surface area contributed by atoms with Gasteiger partial charge in [0.15, 0.2) is 0 Å². The van der Waals surface area contributed by atoms with E-state index in [1.54, 1.807) is 36.1 Å². The van der Waals surface area contributed by atoms with Crippen LogP contribution in [-0.4, -0.2) is 20.9 Å². The highest BCUT2D eigenvalue weighted by Gasteiger charge is 2.07. The van der Waals surface area contributed by atoms with Crippen LogP contribution in [0, 0.1) is 0 Å². The van der Waals surface area contributed by atoms with Crippen LogP contribution in [0.4, 0.5) is 0 Å². The van der Waals surface area contributed by atoms with Gasteiger partial charge in [0.1, 0.15) is 5.01 Å². The summed E-state index contributed by atoms with van der Waals surface area (Å²) in [5, 5.41) is 5.84. The smallest absolute Gasteiger partial charge is 0.220 e. The number of nitrogens with one attached hydrogen (secondary N) is 1. The van der Waals surface area contributed by atoms with Gasteiger partial charge in [-0.15, -0.1) is 11.3 Å². The minimum Gasteiger partial charge on any atom is -0.352 e. The lowest BCUT2D eigenvalue weighted by Gasteiger charge is -2.04. The highest BCUT2D eigenvalue weighted by atomic mass is 32.1. The van der Waals surface area contributed by atoms with Gasteiger partial charge in [0.2, 0.25) is 5.91 Å². The molecule has 1 amide bonds. The molecule has 0 unspecified atom stereocenters. The summed E-state index contributed by atoms with van der Waals surface area (Å²) < 4.78 is 0. The number of aromatic nitrogens is 3. The molecule has 0 spiro atoms. The third-order valence-corrected chi connectivity index (χ3v) is 4.25. The molecule has 23 heavy (non-hydrogen) atoms. The lowest BCUT2D eigenvalue weighted by atomic mass is 10.2. The third-order valence-electron chi connectivity index (χ3n) is 3.31. The van der Waals surface area contributed by atoms with E-state index in [1.807, 2.05) is 29.6 Å². The van der Waals surface area contributed by atoms with Gasteiger partial charge in [-0.3, -0.25) is 14.8 Å². The molecule has 3 aromatic rings. The molecule has 3 aromatic heterocycles. The molecular weight excluding hydrogens is 308 g/mol. The van der Waals surface area contributed by atoms with Gasteiger partial charge >= 0.3 is 0 Å². The normalized spacial score (nSPS) is 10.4. The second-order valence-corrected chi connectivity index (χ2v) is 5.88. The summed E-state index contributed by atoms with van der Waals surface area (Å²) in [6, 6.07) is 7.65. The molecule has 0 aliphatic rings. The van der Waals surface area contributed by atoms with Crippen LogP contribution in [-0.2, 0) is 17.8 Å². The topological polar surface area (TPSA) is 67.8 Å². The Morgan fingerprint density at radius 3 is 2.78 bits per heavy atom. The number of rotatable bonds is 6. The second kappa shape index (κ2) is 7.60. The zero-order chi connectivity index (χ0) is 15.9. The number of hydrogen-bond acceptors (Lipinski definition) is 5. The first-order valence-corrected chi connectivity index (χ1v) is 8.19. The number of amides is 1. The van der Waals surface area contributed by atoms with Crippen LogP contribution >= 0.6 is 11.3 Å². The summed E-state index contributed by atoms with van der Waals surface area (Å²) in [6.45, 7) is 0.527. The van der Waals surface area contributed by atoms with Gasteiger partial charge in [-0.1, -0.05) is 0 Å². The van der Waals surface area contributed by atoms with Crippen molar-refractivity contribution in [1.82, 2.24) is 20.3 Å². The fourth-order valence-corrected chi connectivity index (χ4v) is 2.92. The summed E-state index contributed by atoms with van der Waals surface area (Å²) in [4.78, 5) is 24.5. The standard InChI is InChI=1S/C17H16N4OS/c22-16(20-10-13-5-8-18-9-6-13)4-3-15-12-23-17(21-15)14-2-1-7-19-11-14/h1-2,5-9,11-12H,3-4,10H2,(H,20,22). The Balaban J connectivity index is 1.49. The molecule has 0 aliphatic heterocycles. The van der Waals surface area contributed by atoms with Crippen LogP contribution in [0.15, 0.2) is 54.4 Å². The Morgan fingerprint density at radius 1 is 1.13 bits per heavy atom. The van der Waals surface area contributed by atoms with Crippen LogP contribution in [0.2, 0.25) is 0 Å². The number of carbonyl (C=O) groups excluding carboxylic acids is 1. The van der Waals surface area contributed by atoms with Crippen molar-refractivity contribution in [2.75, 3.05) is 0 Å². The molecule has 0 aliphatic carbocycles. The lowest BCUT2D eigenvalue weighted by molar-refractivity contribution is -0.121. The highest BCUT2D eigenvalue weighted by Crippen LogP contribution is 2.23. The predicted octanol–water partition coefficient (Wildman–Crippen LogP) is 2.85. The molecular formula is C17H16N4OS. The minimum absolute atomic E-state index is 0.0257. The van der Waals surface area contributed by atoms with E-state index < -0.39 is 0 Å². The number of aryl methyl sites for hydroxylation is 1. The zero-order valence-electron chi connectivity index (χ0n) is 12.5. The number of carbonyl (C=O) groups is 1. The maximum atomic E-state index is 11.9. The lowest BCUT2D eigenvalue weighted by Crippen LogP contribution is -2.23. The van der Waals surface area contributed by atoms with E-state index in [0.717, 1.165) is 21.8 Å². The average molecular weight is 324 g/mol. The van der Waals surface area contributed by atoms with Gasteiger partial charge in [0.05, 0.1) is 5.69 Å². The van der Waals surface area contributed by atoms with Crippen LogP contribution in [0.3, 0.4) is 0 Å². The quantitative estimate of drug-likeness (QED) is 0.757. The van der Waals surface area contributed by atoms with E-state index in [0.29, 0.717) is 19.4 Å². The molecule has 3 heterocycles. The van der Waals surface area contributed by atoms with Crippen LogP contribution in [0.5, 0.6) is 0 Å². The molecule has 0 bridgehead atoms. The minimum atomic E-state index is 0.0257. The van der Waals surface area contributed by atoms with E-state index >= 15 is 0 Å². The maximum absolute atomic E-state index is 11.9. The van der Waals surface area contributed by atoms with Crippen molar-refractivity contribution in [2.24, 2.45) is 0 Å². The molecule has 0 fully saturated rings. The van der Waals surface area contributed by atoms with Crippen molar-refractivity contribution in [1.29, 1.82) is 0 Å². The monoisotopic (exact) mass is 324 g/mol. The molecule has 3 rings (SSSR count). The zero-order valence-corrected chi connectivity index (χ0v) is 13.3. The Hall–Kier alpha value is -2.60. The number of nitrogens with zero attached hydrogens (tertiary/aromatic N) is 3. The van der Waals surface area contributed by atoms with Gasteiger partial charge in [0, 0.05) is 48.7 Å². The van der Waals surface area contributed by atoms with Gasteiger partial charge in [-0.05, 0) is 36.2 Å². The number of hydrogen-bond donors (Lipinski definition) is 1. The van der Waals surface area contributed by atoms with Gasteiger partial charge < -0.3 is 5.32 Å². The first-order chi connectivity index (χ1) is 11.3. The summed E-state index contributed by atoms with van der Waals surface area (Å²) >= 11 is 1.57. The summed E-state index contributed by atoms with van der Waals surface area (Å²) in [5.41, 5.74) is 2.99. The molecule has 0 atom stereocenters. The fraction of sp³-hybridized carbons (Fsp3) is 0.176. The molecule has 0 radical (unpaired) electrons. The van der Waals surface area contributed by atoms with Crippen molar-refractivity contribution < 1.29 is 4.79 Å². The first kappa shape index (κ1) is 15.3. The number of pyridine rings is 2. The van der Waals surface area contributed by atoms with Crippen molar-refractivity contribution in [3.63, 3.8) is 0 Å². The van der Waals surface area contributed by atoms with Crippen molar-refractivity contribution in [2.45, 2.75) is 19.4 Å². The van der Waals surface area contributed by atoms with E-state index in [-0.39, 0.29) is 5.91 Å². The summed E-state index contributed by atoms with van der Waals surface area (Å²) in [7, 11) is 0. The molecule has 1 N–H and O–H groups in total. The Kier molecular flexibility index (Phi) is 5.06. The SMILES string of the molecule is O=C(CCc1csc(-c2cccnc2)n1)NCc1ccncc1. The first-order valence-electron chi connectivity index (χ1n) is 7.31. The van der Waals surface area contributed by atoms with Crippen LogP contribution < -0.4 is 5.32 Å². The van der Waals surface area contributed by atoms with Crippen molar-refractivity contribution >= 4 is 17.2 Å². The Bertz CT molecular complexity index is 759. The molecule has 116 valence electrons. The van der Waals surface area contributed by atoms with Crippen molar-refractivity contribution in [3.05, 3.63) is 65.7 Å². The van der Waals surface area contributed by atoms with E-state index in [2.05, 4.69) is 20.3 Å². The molecule has 5 nitrogen and oxygen atoms in total. The largest absolute Gasteiger partial charge is 0.352 e. The second-order valence-electron chi connectivity index (χ2n) is 5.02. The molecule has 0 saturated heterocycles. The van der Waals surface area contributed by atoms with Gasteiger partial charge in [-0.2, -0.15) is 0 Å². The van der Waals surface area contributed by atoms with Crippen LogP contribution in [0.1, 0.15) is 17.7 Å². The molecule has 0 saturated carbocycles. The van der Waals surface area contributed by atoms with E-state index in [9.17, 15) is 4.79 Å². The van der Waals surface area contributed by atoms with Crippen LogP contribution in [0.25, 0.3) is 10.6 Å². The highest BCUT2D eigenvalue weighted by molar-refractivity contribution is 7.13. The molecule has 6 heteroatoms. The van der Waals surface area contributed by atoms with E-state index in [1.165, 1.54) is 0 Å². The summed E-state index contributed by atoms with van der Waals surface area (Å²) in [6.07, 6.45) is 8.04.